The van der Waals surface area contributed by atoms with E-state index in [-0.39, 0.29) is 30.3 Å². The number of ether oxygens (including phenoxy) is 3. The number of nitrogens with zero attached hydrogens (tertiary/aromatic N) is 1. The normalized spacial score (nSPS) is 21.4. The van der Waals surface area contributed by atoms with Crippen LogP contribution in [0.5, 0.6) is 11.5 Å². The molecule has 2 aromatic carbocycles. The van der Waals surface area contributed by atoms with Gasteiger partial charge in [-0.05, 0) is 24.3 Å². The van der Waals surface area contributed by atoms with Crippen LogP contribution in [0.3, 0.4) is 0 Å². The van der Waals surface area contributed by atoms with E-state index in [0.717, 1.165) is 36.6 Å². The fourth-order valence-electron chi connectivity index (χ4n) is 3.68. The van der Waals surface area contributed by atoms with Crippen LogP contribution in [0, 0.1) is 17.1 Å². The number of fused-ring (bicyclic) bond motifs is 2. The van der Waals surface area contributed by atoms with Crippen molar-refractivity contribution in [3.05, 3.63) is 52.8 Å². The van der Waals surface area contributed by atoms with Crippen molar-refractivity contribution in [1.82, 2.24) is 0 Å². The van der Waals surface area contributed by atoms with E-state index in [2.05, 4.69) is 0 Å². The standard InChI is InChI=1S/C19H14F3NO6S/c1-30(25,26)14-3-2-13(29-12-7-10(9-23)6-11(20)8-12)15-16(14)19(27-4-5-28-19)18(21,22)17(15)24/h2-3,6-8,17,24H,4-5H2,1H3/t17-/m0/s1. The lowest BCUT2D eigenvalue weighted by atomic mass is 10.1. The average Bonchev–Trinajstić information content (AvgIpc) is 3.22. The molecule has 0 aromatic heterocycles. The quantitative estimate of drug-likeness (QED) is 0.781. The molecule has 1 saturated heterocycles. The molecule has 1 atom stereocenters. The number of hydrogen-bond acceptors (Lipinski definition) is 7. The maximum Gasteiger partial charge on any atom is 0.334 e. The first-order chi connectivity index (χ1) is 14.0. The van der Waals surface area contributed by atoms with Crippen LogP contribution in [0.2, 0.25) is 0 Å². The Morgan fingerprint density at radius 2 is 1.90 bits per heavy atom. The number of benzene rings is 2. The zero-order valence-corrected chi connectivity index (χ0v) is 16.2. The van der Waals surface area contributed by atoms with Crippen LogP contribution in [-0.2, 0) is 25.1 Å². The van der Waals surface area contributed by atoms with Gasteiger partial charge in [0.25, 0.3) is 5.79 Å². The molecule has 0 saturated carbocycles. The van der Waals surface area contributed by atoms with Crippen molar-refractivity contribution in [1.29, 1.82) is 5.26 Å². The van der Waals surface area contributed by atoms with Gasteiger partial charge in [-0.2, -0.15) is 14.0 Å². The molecule has 0 radical (unpaired) electrons. The molecule has 0 unspecified atom stereocenters. The molecule has 1 aliphatic heterocycles. The fraction of sp³-hybridized carbons (Fsp3) is 0.316. The molecular formula is C19H14F3NO6S. The summed E-state index contributed by atoms with van der Waals surface area (Å²) in [7, 11) is -4.04. The lowest BCUT2D eigenvalue weighted by molar-refractivity contribution is -0.316. The minimum absolute atomic E-state index is 0.0841. The van der Waals surface area contributed by atoms with Gasteiger partial charge in [0.05, 0.1) is 29.7 Å². The average molecular weight is 441 g/mol. The Balaban J connectivity index is 1.96. The van der Waals surface area contributed by atoms with Crippen LogP contribution in [0.4, 0.5) is 13.2 Å². The minimum atomic E-state index is -4.04. The molecule has 2 aliphatic rings. The Labute approximate surface area is 169 Å². The van der Waals surface area contributed by atoms with Gasteiger partial charge >= 0.3 is 5.92 Å². The molecule has 0 amide bonds. The lowest BCUT2D eigenvalue weighted by Gasteiger charge is -2.31. The van der Waals surface area contributed by atoms with E-state index in [0.29, 0.717) is 0 Å². The highest BCUT2D eigenvalue weighted by atomic mass is 32.2. The van der Waals surface area contributed by atoms with E-state index < -0.39 is 49.5 Å². The van der Waals surface area contributed by atoms with Crippen LogP contribution in [-0.4, -0.2) is 38.9 Å². The highest BCUT2D eigenvalue weighted by Crippen LogP contribution is 2.62. The lowest BCUT2D eigenvalue weighted by Crippen LogP contribution is -2.45. The number of aliphatic hydroxyl groups is 1. The first kappa shape index (κ1) is 20.6. The SMILES string of the molecule is CS(=O)(=O)c1ccc(Oc2cc(F)cc(C#N)c2)c2c1C1(OCCO1)C(F)(F)[C@H]2O. The number of sulfone groups is 1. The molecule has 1 spiro atoms. The molecule has 11 heteroatoms. The van der Waals surface area contributed by atoms with E-state index in [4.69, 9.17) is 19.5 Å². The molecule has 30 heavy (non-hydrogen) atoms. The summed E-state index contributed by atoms with van der Waals surface area (Å²) in [4.78, 5) is -0.514. The van der Waals surface area contributed by atoms with Gasteiger partial charge in [-0.3, -0.25) is 0 Å². The minimum Gasteiger partial charge on any atom is -0.457 e. The van der Waals surface area contributed by atoms with Gasteiger partial charge in [0.1, 0.15) is 17.3 Å². The Morgan fingerprint density at radius 3 is 2.50 bits per heavy atom. The number of aliphatic hydroxyl groups excluding tert-OH is 1. The monoisotopic (exact) mass is 441 g/mol. The third-order valence-electron chi connectivity index (χ3n) is 4.87. The molecule has 4 rings (SSSR count). The van der Waals surface area contributed by atoms with Crippen LogP contribution >= 0.6 is 0 Å². The maximum absolute atomic E-state index is 15.1. The summed E-state index contributed by atoms with van der Waals surface area (Å²) >= 11 is 0. The predicted molar refractivity (Wildman–Crippen MR) is 94.2 cm³/mol. The van der Waals surface area contributed by atoms with Crippen LogP contribution < -0.4 is 4.74 Å². The van der Waals surface area contributed by atoms with E-state index in [9.17, 15) is 17.9 Å². The van der Waals surface area contributed by atoms with Crippen molar-refractivity contribution >= 4 is 9.84 Å². The van der Waals surface area contributed by atoms with Crippen molar-refractivity contribution in [3.8, 4) is 17.6 Å². The Bertz CT molecular complexity index is 1190. The van der Waals surface area contributed by atoms with Crippen molar-refractivity contribution in [2.24, 2.45) is 0 Å². The van der Waals surface area contributed by atoms with Crippen LogP contribution in [0.25, 0.3) is 0 Å². The Hall–Kier alpha value is -2.65. The first-order valence-electron chi connectivity index (χ1n) is 8.61. The van der Waals surface area contributed by atoms with E-state index >= 15 is 8.78 Å². The van der Waals surface area contributed by atoms with E-state index in [1.807, 2.05) is 0 Å². The van der Waals surface area contributed by atoms with Crippen LogP contribution in [0.1, 0.15) is 22.8 Å². The molecule has 158 valence electrons. The molecule has 1 fully saturated rings. The Morgan fingerprint density at radius 1 is 1.23 bits per heavy atom. The summed E-state index contributed by atoms with van der Waals surface area (Å²) in [6, 6.07) is 6.84. The van der Waals surface area contributed by atoms with Crippen molar-refractivity contribution in [2.45, 2.75) is 22.7 Å². The van der Waals surface area contributed by atoms with E-state index in [1.165, 1.54) is 0 Å². The smallest absolute Gasteiger partial charge is 0.334 e. The summed E-state index contributed by atoms with van der Waals surface area (Å²) in [5, 5.41) is 19.4. The third kappa shape index (κ3) is 2.87. The molecule has 2 aromatic rings. The molecule has 1 N–H and O–H groups in total. The summed E-state index contributed by atoms with van der Waals surface area (Å²) in [6.07, 6.45) is -1.70. The highest BCUT2D eigenvalue weighted by molar-refractivity contribution is 7.90. The number of hydrogen-bond donors (Lipinski definition) is 1. The second-order valence-corrected chi connectivity index (χ2v) is 8.84. The zero-order chi connectivity index (χ0) is 21.9. The van der Waals surface area contributed by atoms with Gasteiger partial charge < -0.3 is 19.3 Å². The summed E-state index contributed by atoms with van der Waals surface area (Å²) in [5.74, 6) is -8.21. The van der Waals surface area contributed by atoms with Crippen molar-refractivity contribution in [3.63, 3.8) is 0 Å². The number of alkyl halides is 2. The number of nitriles is 1. The molecular weight excluding hydrogens is 427 g/mol. The molecule has 7 nitrogen and oxygen atoms in total. The van der Waals surface area contributed by atoms with Gasteiger partial charge in [0, 0.05) is 23.4 Å². The second kappa shape index (κ2) is 6.68. The van der Waals surface area contributed by atoms with Gasteiger partial charge in [0.15, 0.2) is 15.9 Å². The zero-order valence-electron chi connectivity index (χ0n) is 15.4. The summed E-state index contributed by atoms with van der Waals surface area (Å²) in [6.45, 7) is -0.489. The molecule has 1 aliphatic carbocycles. The topological polar surface area (TPSA) is 106 Å². The van der Waals surface area contributed by atoms with Gasteiger partial charge in [0.2, 0.25) is 0 Å². The van der Waals surface area contributed by atoms with Gasteiger partial charge in [-0.25, -0.2) is 12.8 Å². The highest BCUT2D eigenvalue weighted by Gasteiger charge is 2.72. The largest absolute Gasteiger partial charge is 0.457 e. The van der Waals surface area contributed by atoms with Gasteiger partial charge in [-0.15, -0.1) is 0 Å². The maximum atomic E-state index is 15.1. The predicted octanol–water partition coefficient (Wildman–Crippen LogP) is 2.78. The Kier molecular flexibility index (Phi) is 4.59. The number of halogens is 3. The van der Waals surface area contributed by atoms with E-state index in [1.54, 1.807) is 6.07 Å². The molecule has 0 bridgehead atoms. The van der Waals surface area contributed by atoms with Crippen molar-refractivity contribution in [2.75, 3.05) is 19.5 Å². The summed E-state index contributed by atoms with van der Waals surface area (Å²) in [5.41, 5.74) is -1.19. The fourth-order valence-corrected chi connectivity index (χ4v) is 4.61. The molecule has 1 heterocycles. The summed E-state index contributed by atoms with van der Waals surface area (Å²) < 4.78 is 84.3. The number of rotatable bonds is 3. The first-order valence-corrected chi connectivity index (χ1v) is 10.5. The van der Waals surface area contributed by atoms with Crippen molar-refractivity contribution < 1.29 is 40.9 Å². The van der Waals surface area contributed by atoms with Crippen LogP contribution in [0.15, 0.2) is 35.2 Å². The second-order valence-electron chi connectivity index (χ2n) is 6.85. The van der Waals surface area contributed by atoms with Gasteiger partial charge in [-0.1, -0.05) is 0 Å². The third-order valence-corrected chi connectivity index (χ3v) is 6.01.